The quantitative estimate of drug-likeness (QED) is 0.641. The molecule has 1 heterocycles. The zero-order valence-corrected chi connectivity index (χ0v) is 8.09. The fourth-order valence-corrected chi connectivity index (χ4v) is 1.58. The Morgan fingerprint density at radius 2 is 1.92 bits per heavy atom. The van der Waals surface area contributed by atoms with Crippen LogP contribution in [0.2, 0.25) is 0 Å². The van der Waals surface area contributed by atoms with Gasteiger partial charge in [-0.3, -0.25) is 10.1 Å². The van der Waals surface area contributed by atoms with Gasteiger partial charge in [-0.15, -0.1) is 0 Å². The third-order valence-electron chi connectivity index (χ3n) is 2.58. The van der Waals surface area contributed by atoms with Gasteiger partial charge in [0, 0.05) is 0 Å². The molecular weight excluding hydrogens is 168 g/mol. The van der Waals surface area contributed by atoms with Gasteiger partial charge in [0.15, 0.2) is 0 Å². The minimum atomic E-state index is -0.360. The largest absolute Gasteiger partial charge is 0.326 e. The highest BCUT2D eigenvalue weighted by Crippen LogP contribution is 2.16. The molecule has 4 nitrogen and oxygen atoms in total. The van der Waals surface area contributed by atoms with E-state index in [-0.39, 0.29) is 18.0 Å². The maximum atomic E-state index is 11.2. The van der Waals surface area contributed by atoms with Crippen molar-refractivity contribution in [2.45, 2.75) is 39.2 Å². The summed E-state index contributed by atoms with van der Waals surface area (Å²) in [6.45, 7) is 4.20. The Morgan fingerprint density at radius 1 is 1.31 bits per heavy atom. The molecule has 0 spiro atoms. The van der Waals surface area contributed by atoms with Gasteiger partial charge in [-0.05, 0) is 12.3 Å². The number of rotatable bonds is 4. The fourth-order valence-electron chi connectivity index (χ4n) is 1.58. The normalized spacial score (nSPS) is 21.9. The number of carbonyl (C=O) groups is 2. The number of hydrogen-bond acceptors (Lipinski definition) is 2. The summed E-state index contributed by atoms with van der Waals surface area (Å²) in [6.07, 6.45) is 2.86. The Balaban J connectivity index is 2.44. The maximum Gasteiger partial charge on any atom is 0.322 e. The first-order valence-electron chi connectivity index (χ1n) is 4.78. The molecule has 1 unspecified atom stereocenters. The molecule has 1 aliphatic rings. The Morgan fingerprint density at radius 3 is 2.31 bits per heavy atom. The maximum absolute atomic E-state index is 11.2. The van der Waals surface area contributed by atoms with E-state index in [9.17, 15) is 9.59 Å². The van der Waals surface area contributed by atoms with Crippen molar-refractivity contribution in [1.29, 1.82) is 0 Å². The zero-order chi connectivity index (χ0) is 9.84. The number of nitrogens with one attached hydrogen (secondary N) is 2. The van der Waals surface area contributed by atoms with Crippen LogP contribution in [0.5, 0.6) is 0 Å². The Hall–Kier alpha value is -1.06. The smallest absolute Gasteiger partial charge is 0.322 e. The summed E-state index contributed by atoms with van der Waals surface area (Å²) in [4.78, 5) is 21.9. The van der Waals surface area contributed by atoms with Crippen LogP contribution in [-0.2, 0) is 4.79 Å². The van der Waals surface area contributed by atoms with Crippen LogP contribution in [0.25, 0.3) is 0 Å². The third-order valence-corrected chi connectivity index (χ3v) is 2.58. The van der Waals surface area contributed by atoms with Gasteiger partial charge in [-0.2, -0.15) is 0 Å². The van der Waals surface area contributed by atoms with Crippen molar-refractivity contribution in [3.63, 3.8) is 0 Å². The molecule has 0 aromatic heterocycles. The van der Waals surface area contributed by atoms with Gasteiger partial charge in [0.2, 0.25) is 0 Å². The van der Waals surface area contributed by atoms with E-state index in [4.69, 9.17) is 0 Å². The van der Waals surface area contributed by atoms with E-state index in [0.717, 1.165) is 19.3 Å². The van der Waals surface area contributed by atoms with Crippen LogP contribution in [0.1, 0.15) is 33.1 Å². The standard InChI is InChI=1S/C9H16N2O2/c1-3-6(4-2)5-7-8(12)11-9(13)10-7/h6-7H,3-5H2,1-2H3,(H2,10,11,12,13). The summed E-state index contributed by atoms with van der Waals surface area (Å²) in [7, 11) is 0. The molecule has 2 N–H and O–H groups in total. The molecule has 0 radical (unpaired) electrons. The van der Waals surface area contributed by atoms with Crippen molar-refractivity contribution >= 4 is 11.9 Å². The lowest BCUT2D eigenvalue weighted by atomic mass is 9.95. The highest BCUT2D eigenvalue weighted by atomic mass is 16.2. The second kappa shape index (κ2) is 4.25. The fraction of sp³-hybridized carbons (Fsp3) is 0.778. The monoisotopic (exact) mass is 184 g/mol. The van der Waals surface area contributed by atoms with Gasteiger partial charge in [-0.25, -0.2) is 4.79 Å². The van der Waals surface area contributed by atoms with Crippen LogP contribution < -0.4 is 10.6 Å². The first-order chi connectivity index (χ1) is 6.17. The predicted octanol–water partition coefficient (Wildman–Crippen LogP) is 1.02. The molecule has 0 bridgehead atoms. The van der Waals surface area contributed by atoms with Crippen molar-refractivity contribution in [3.05, 3.63) is 0 Å². The molecule has 1 fully saturated rings. The molecule has 4 heteroatoms. The van der Waals surface area contributed by atoms with Crippen LogP contribution in [-0.4, -0.2) is 18.0 Å². The van der Waals surface area contributed by atoms with Crippen molar-refractivity contribution < 1.29 is 9.59 Å². The van der Waals surface area contributed by atoms with Gasteiger partial charge in [0.25, 0.3) is 5.91 Å². The van der Waals surface area contributed by atoms with E-state index in [2.05, 4.69) is 24.5 Å². The molecule has 13 heavy (non-hydrogen) atoms. The summed E-state index contributed by atoms with van der Waals surface area (Å²) in [6, 6.07) is -0.668. The second-order valence-corrected chi connectivity index (χ2v) is 3.43. The first kappa shape index (κ1) is 10.0. The summed E-state index contributed by atoms with van der Waals surface area (Å²) in [5, 5.41) is 4.83. The summed E-state index contributed by atoms with van der Waals surface area (Å²) in [5.74, 6) is 0.339. The minimum absolute atomic E-state index is 0.183. The topological polar surface area (TPSA) is 58.2 Å². The second-order valence-electron chi connectivity index (χ2n) is 3.43. The molecule has 74 valence electrons. The Labute approximate surface area is 78.1 Å². The minimum Gasteiger partial charge on any atom is -0.326 e. The van der Waals surface area contributed by atoms with E-state index < -0.39 is 0 Å². The summed E-state index contributed by atoms with van der Waals surface area (Å²) < 4.78 is 0. The van der Waals surface area contributed by atoms with Gasteiger partial charge in [0.05, 0.1) is 0 Å². The van der Waals surface area contributed by atoms with Gasteiger partial charge < -0.3 is 5.32 Å². The van der Waals surface area contributed by atoms with E-state index in [1.807, 2.05) is 0 Å². The molecule has 1 rings (SSSR count). The van der Waals surface area contributed by atoms with Gasteiger partial charge >= 0.3 is 6.03 Å². The zero-order valence-electron chi connectivity index (χ0n) is 8.09. The summed E-state index contributed by atoms with van der Waals surface area (Å²) >= 11 is 0. The first-order valence-corrected chi connectivity index (χ1v) is 4.78. The average Bonchev–Trinajstić information content (AvgIpc) is 2.41. The highest BCUT2D eigenvalue weighted by molar-refractivity contribution is 6.04. The van der Waals surface area contributed by atoms with Crippen LogP contribution >= 0.6 is 0 Å². The third kappa shape index (κ3) is 2.44. The van der Waals surface area contributed by atoms with Crippen molar-refractivity contribution in [2.24, 2.45) is 5.92 Å². The molecule has 3 amide bonds. The lowest BCUT2D eigenvalue weighted by Gasteiger charge is -2.14. The molecule has 0 saturated carbocycles. The Bertz CT molecular complexity index is 212. The van der Waals surface area contributed by atoms with E-state index in [1.165, 1.54) is 0 Å². The summed E-state index contributed by atoms with van der Waals surface area (Å²) in [5.41, 5.74) is 0. The SMILES string of the molecule is CCC(CC)CC1NC(=O)NC1=O. The van der Waals surface area contributed by atoms with Crippen molar-refractivity contribution in [3.8, 4) is 0 Å². The van der Waals surface area contributed by atoms with Crippen LogP contribution in [0.4, 0.5) is 4.79 Å². The van der Waals surface area contributed by atoms with E-state index >= 15 is 0 Å². The van der Waals surface area contributed by atoms with Crippen molar-refractivity contribution in [2.75, 3.05) is 0 Å². The number of imide groups is 1. The van der Waals surface area contributed by atoms with Crippen LogP contribution in [0, 0.1) is 5.92 Å². The van der Waals surface area contributed by atoms with Crippen LogP contribution in [0.3, 0.4) is 0 Å². The molecule has 1 saturated heterocycles. The van der Waals surface area contributed by atoms with Crippen molar-refractivity contribution in [1.82, 2.24) is 10.6 Å². The molecule has 0 aromatic carbocycles. The lowest BCUT2D eigenvalue weighted by Crippen LogP contribution is -2.31. The number of amides is 3. The average molecular weight is 184 g/mol. The molecular formula is C9H16N2O2. The predicted molar refractivity (Wildman–Crippen MR) is 49.2 cm³/mol. The van der Waals surface area contributed by atoms with Crippen LogP contribution in [0.15, 0.2) is 0 Å². The molecule has 0 aromatic rings. The van der Waals surface area contributed by atoms with E-state index in [1.54, 1.807) is 0 Å². The molecule has 0 aliphatic carbocycles. The Kier molecular flexibility index (Phi) is 3.28. The van der Waals surface area contributed by atoms with Gasteiger partial charge in [0.1, 0.15) is 6.04 Å². The molecule has 1 atom stereocenters. The van der Waals surface area contributed by atoms with E-state index in [0.29, 0.717) is 5.92 Å². The number of carbonyl (C=O) groups excluding carboxylic acids is 2. The lowest BCUT2D eigenvalue weighted by molar-refractivity contribution is -0.120. The number of urea groups is 1. The highest BCUT2D eigenvalue weighted by Gasteiger charge is 2.30. The number of hydrogen-bond donors (Lipinski definition) is 2. The van der Waals surface area contributed by atoms with Gasteiger partial charge in [-0.1, -0.05) is 26.7 Å². The molecule has 1 aliphatic heterocycles.